The van der Waals surface area contributed by atoms with E-state index in [4.69, 9.17) is 16.3 Å². The number of carbonyl (C=O) groups excluding carboxylic acids is 1. The fourth-order valence-corrected chi connectivity index (χ4v) is 4.30. The van der Waals surface area contributed by atoms with Gasteiger partial charge < -0.3 is 20.7 Å². The van der Waals surface area contributed by atoms with Gasteiger partial charge in [-0.3, -0.25) is 9.78 Å². The lowest BCUT2D eigenvalue weighted by atomic mass is 10.1. The SMILES string of the molecule is COc1ccc(CNc2c(C(=O)NCCCNc3ccccc3C)cnc3ccc(C#N)cc23)cc1Cl. The number of hydrogen-bond acceptors (Lipinski definition) is 6. The molecular weight excluding hydrogens is 486 g/mol. The average molecular weight is 514 g/mol. The van der Waals surface area contributed by atoms with Crippen molar-refractivity contribution in [2.24, 2.45) is 0 Å². The number of nitrogens with one attached hydrogen (secondary N) is 3. The monoisotopic (exact) mass is 513 g/mol. The highest BCUT2D eigenvalue weighted by atomic mass is 35.5. The summed E-state index contributed by atoms with van der Waals surface area (Å²) >= 11 is 6.29. The van der Waals surface area contributed by atoms with Gasteiger partial charge in [-0.15, -0.1) is 0 Å². The van der Waals surface area contributed by atoms with E-state index in [-0.39, 0.29) is 5.91 Å². The van der Waals surface area contributed by atoms with Crippen LogP contribution in [0.25, 0.3) is 10.9 Å². The molecule has 7 nitrogen and oxygen atoms in total. The third-order valence-corrected chi connectivity index (χ3v) is 6.32. The van der Waals surface area contributed by atoms with Gasteiger partial charge in [-0.05, 0) is 60.9 Å². The summed E-state index contributed by atoms with van der Waals surface area (Å²) in [6.07, 6.45) is 2.32. The summed E-state index contributed by atoms with van der Waals surface area (Å²) < 4.78 is 5.23. The zero-order chi connectivity index (χ0) is 26.2. The number of fused-ring (bicyclic) bond motifs is 1. The largest absolute Gasteiger partial charge is 0.495 e. The predicted molar refractivity (Wildman–Crippen MR) is 148 cm³/mol. The number of aromatic nitrogens is 1. The number of hydrogen-bond donors (Lipinski definition) is 3. The molecule has 0 saturated heterocycles. The number of pyridine rings is 1. The van der Waals surface area contributed by atoms with E-state index in [1.54, 1.807) is 37.6 Å². The normalized spacial score (nSPS) is 10.5. The summed E-state index contributed by atoms with van der Waals surface area (Å²) in [5, 5.41) is 20.4. The third-order valence-electron chi connectivity index (χ3n) is 6.03. The van der Waals surface area contributed by atoms with Crippen molar-refractivity contribution in [1.29, 1.82) is 5.26 Å². The van der Waals surface area contributed by atoms with Gasteiger partial charge in [0.1, 0.15) is 5.75 Å². The van der Waals surface area contributed by atoms with Crippen molar-refractivity contribution >= 4 is 39.8 Å². The fraction of sp³-hybridized carbons (Fsp3) is 0.207. The molecule has 0 saturated carbocycles. The molecule has 0 atom stereocenters. The van der Waals surface area contributed by atoms with E-state index in [2.05, 4.69) is 40.0 Å². The van der Waals surface area contributed by atoms with Crippen LogP contribution in [-0.2, 0) is 6.54 Å². The van der Waals surface area contributed by atoms with Gasteiger partial charge in [0.25, 0.3) is 5.91 Å². The Morgan fingerprint density at radius 3 is 2.68 bits per heavy atom. The van der Waals surface area contributed by atoms with Crippen LogP contribution in [0.15, 0.2) is 66.9 Å². The molecule has 1 heterocycles. The molecule has 0 unspecified atom stereocenters. The lowest BCUT2D eigenvalue weighted by Gasteiger charge is -2.16. The average Bonchev–Trinajstić information content (AvgIpc) is 2.92. The third kappa shape index (κ3) is 6.29. The van der Waals surface area contributed by atoms with Crippen LogP contribution in [0.3, 0.4) is 0 Å². The van der Waals surface area contributed by atoms with Crippen LogP contribution in [0.4, 0.5) is 11.4 Å². The van der Waals surface area contributed by atoms with Gasteiger partial charge in [-0.1, -0.05) is 35.9 Å². The first kappa shape index (κ1) is 25.8. The lowest BCUT2D eigenvalue weighted by molar-refractivity contribution is 0.0954. The molecule has 37 heavy (non-hydrogen) atoms. The molecule has 0 spiro atoms. The van der Waals surface area contributed by atoms with E-state index < -0.39 is 0 Å². The number of anilines is 2. The number of benzene rings is 3. The van der Waals surface area contributed by atoms with E-state index >= 15 is 0 Å². The van der Waals surface area contributed by atoms with Gasteiger partial charge in [0.15, 0.2) is 0 Å². The molecule has 4 aromatic rings. The second kappa shape index (κ2) is 12.1. The van der Waals surface area contributed by atoms with Gasteiger partial charge >= 0.3 is 0 Å². The summed E-state index contributed by atoms with van der Waals surface area (Å²) in [7, 11) is 1.57. The Labute approximate surface area is 221 Å². The predicted octanol–water partition coefficient (Wildman–Crippen LogP) is 5.92. The molecular formula is C29H28ClN5O2. The van der Waals surface area contributed by atoms with E-state index in [0.717, 1.165) is 24.2 Å². The number of halogens is 1. The Bertz CT molecular complexity index is 1460. The number of rotatable bonds is 10. The molecule has 3 N–H and O–H groups in total. The van der Waals surface area contributed by atoms with Crippen LogP contribution in [-0.4, -0.2) is 31.1 Å². The van der Waals surface area contributed by atoms with Crippen molar-refractivity contribution in [3.05, 3.63) is 94.1 Å². The van der Waals surface area contributed by atoms with Gasteiger partial charge in [-0.2, -0.15) is 5.26 Å². The van der Waals surface area contributed by atoms with Crippen molar-refractivity contribution in [2.75, 3.05) is 30.8 Å². The number of nitriles is 1. The number of methoxy groups -OCH3 is 1. The van der Waals surface area contributed by atoms with Crippen molar-refractivity contribution in [3.63, 3.8) is 0 Å². The first-order valence-corrected chi connectivity index (χ1v) is 12.3. The standard InChI is InChI=1S/C29H28ClN5O2/c1-19-6-3-4-7-25(19)32-12-5-13-33-29(36)23-18-34-26-10-8-20(16-31)14-22(26)28(23)35-17-21-9-11-27(37-2)24(30)15-21/h3-4,6-11,14-15,18,32H,5,12-13,17H2,1-2H3,(H,33,36)(H,34,35). The van der Waals surface area contributed by atoms with E-state index in [9.17, 15) is 10.1 Å². The molecule has 8 heteroatoms. The second-order valence-corrected chi connectivity index (χ2v) is 8.97. The zero-order valence-electron chi connectivity index (χ0n) is 20.8. The highest BCUT2D eigenvalue weighted by Gasteiger charge is 2.16. The maximum Gasteiger partial charge on any atom is 0.254 e. The molecule has 0 radical (unpaired) electrons. The summed E-state index contributed by atoms with van der Waals surface area (Å²) in [4.78, 5) is 17.6. The topological polar surface area (TPSA) is 99.1 Å². The summed E-state index contributed by atoms with van der Waals surface area (Å²) in [6, 6.07) is 21.0. The number of aryl methyl sites for hydroxylation is 1. The van der Waals surface area contributed by atoms with Gasteiger partial charge in [0.2, 0.25) is 0 Å². The molecule has 188 valence electrons. The molecule has 0 bridgehead atoms. The number of amides is 1. The first-order valence-electron chi connectivity index (χ1n) is 12.0. The Kier molecular flexibility index (Phi) is 8.44. The number of ether oxygens (including phenoxy) is 1. The summed E-state index contributed by atoms with van der Waals surface area (Å²) in [5.41, 5.74) is 5.39. The van der Waals surface area contributed by atoms with Crippen molar-refractivity contribution in [2.45, 2.75) is 19.9 Å². The van der Waals surface area contributed by atoms with Gasteiger partial charge in [-0.25, -0.2) is 0 Å². The highest BCUT2D eigenvalue weighted by molar-refractivity contribution is 6.32. The Morgan fingerprint density at radius 2 is 1.92 bits per heavy atom. The fourth-order valence-electron chi connectivity index (χ4n) is 4.01. The van der Waals surface area contributed by atoms with E-state index in [1.165, 1.54) is 5.56 Å². The zero-order valence-corrected chi connectivity index (χ0v) is 21.5. The van der Waals surface area contributed by atoms with Crippen LogP contribution in [0.1, 0.15) is 33.5 Å². The van der Waals surface area contributed by atoms with Crippen molar-refractivity contribution < 1.29 is 9.53 Å². The van der Waals surface area contributed by atoms with E-state index in [0.29, 0.717) is 51.6 Å². The summed E-state index contributed by atoms with van der Waals surface area (Å²) in [5.74, 6) is 0.360. The minimum atomic E-state index is -0.233. The second-order valence-electron chi connectivity index (χ2n) is 8.56. The molecule has 1 aromatic heterocycles. The maximum atomic E-state index is 13.2. The van der Waals surface area contributed by atoms with Gasteiger partial charge in [0, 0.05) is 36.9 Å². The number of nitrogens with zero attached hydrogens (tertiary/aromatic N) is 2. The minimum absolute atomic E-state index is 0.233. The molecule has 4 rings (SSSR count). The number of para-hydroxylation sites is 1. The molecule has 0 aliphatic rings. The Balaban J connectivity index is 1.50. The maximum absolute atomic E-state index is 13.2. The van der Waals surface area contributed by atoms with Crippen LogP contribution >= 0.6 is 11.6 Å². The Morgan fingerprint density at radius 1 is 1.08 bits per heavy atom. The molecule has 0 fully saturated rings. The molecule has 1 amide bonds. The van der Waals surface area contributed by atoms with Crippen molar-refractivity contribution in [1.82, 2.24) is 10.3 Å². The van der Waals surface area contributed by atoms with Crippen LogP contribution in [0.2, 0.25) is 5.02 Å². The quantitative estimate of drug-likeness (QED) is 0.228. The minimum Gasteiger partial charge on any atom is -0.495 e. The summed E-state index contributed by atoms with van der Waals surface area (Å²) in [6.45, 7) is 3.71. The lowest BCUT2D eigenvalue weighted by Crippen LogP contribution is -2.27. The smallest absolute Gasteiger partial charge is 0.254 e. The van der Waals surface area contributed by atoms with Crippen LogP contribution < -0.4 is 20.7 Å². The van der Waals surface area contributed by atoms with Gasteiger partial charge in [0.05, 0.1) is 40.5 Å². The molecule has 0 aliphatic heterocycles. The number of carbonyl (C=O) groups is 1. The highest BCUT2D eigenvalue weighted by Crippen LogP contribution is 2.29. The molecule has 0 aliphatic carbocycles. The van der Waals surface area contributed by atoms with Crippen LogP contribution in [0, 0.1) is 18.3 Å². The first-order chi connectivity index (χ1) is 18.0. The molecule has 3 aromatic carbocycles. The van der Waals surface area contributed by atoms with E-state index in [1.807, 2.05) is 30.3 Å². The Hall–Kier alpha value is -4.28. The van der Waals surface area contributed by atoms with Crippen LogP contribution in [0.5, 0.6) is 5.75 Å². The van der Waals surface area contributed by atoms with Crippen molar-refractivity contribution in [3.8, 4) is 11.8 Å².